The lowest BCUT2D eigenvalue weighted by atomic mass is 10.2. The highest BCUT2D eigenvalue weighted by atomic mass is 32.2. The molecule has 0 saturated carbocycles. The van der Waals surface area contributed by atoms with E-state index in [2.05, 4.69) is 0 Å². The van der Waals surface area contributed by atoms with Crippen LogP contribution in [0.4, 0.5) is 4.79 Å². The molecule has 0 aliphatic rings. The van der Waals surface area contributed by atoms with E-state index in [0.717, 1.165) is 15.1 Å². The molecule has 106 valence electrons. The van der Waals surface area contributed by atoms with Gasteiger partial charge in [0.25, 0.3) is 0 Å². The van der Waals surface area contributed by atoms with Crippen molar-refractivity contribution in [3.8, 4) is 0 Å². The van der Waals surface area contributed by atoms with E-state index >= 15 is 0 Å². The Morgan fingerprint density at radius 3 is 2.50 bits per heavy atom. The molecule has 0 atom stereocenters. The molecule has 1 aromatic carbocycles. The summed E-state index contributed by atoms with van der Waals surface area (Å²) in [6.07, 6.45) is 0.409. The Bertz CT molecular complexity index is 805. The maximum atomic E-state index is 12.0. The van der Waals surface area contributed by atoms with Gasteiger partial charge in [0, 0.05) is 31.2 Å². The number of carbonyl (C=O) groups is 2. The van der Waals surface area contributed by atoms with Crippen LogP contribution in [0.3, 0.4) is 0 Å². The van der Waals surface area contributed by atoms with Crippen molar-refractivity contribution in [1.29, 1.82) is 0 Å². The van der Waals surface area contributed by atoms with Crippen LogP contribution in [0.1, 0.15) is 10.4 Å². The van der Waals surface area contributed by atoms with E-state index in [9.17, 15) is 18.0 Å². The molecule has 0 saturated heterocycles. The molecule has 2 rings (SSSR count). The van der Waals surface area contributed by atoms with Gasteiger partial charge in [-0.1, -0.05) is 0 Å². The molecule has 20 heavy (non-hydrogen) atoms. The third-order valence-corrected chi connectivity index (χ3v) is 4.73. The topological polar surface area (TPSA) is 96.7 Å². The number of benzene rings is 1. The zero-order valence-corrected chi connectivity index (χ0v) is 11.6. The molecule has 7 nitrogen and oxygen atoms in total. The fourth-order valence-electron chi connectivity index (χ4n) is 1.86. The first kappa shape index (κ1) is 14.2. The molecule has 1 N–H and O–H groups in total. The number of aromatic nitrogens is 1. The fourth-order valence-corrected chi connectivity index (χ4v) is 2.79. The summed E-state index contributed by atoms with van der Waals surface area (Å²) >= 11 is 0. The smallest absolute Gasteiger partial charge is 0.416 e. The van der Waals surface area contributed by atoms with Crippen LogP contribution in [0.25, 0.3) is 10.9 Å². The van der Waals surface area contributed by atoms with Crippen LogP contribution >= 0.6 is 0 Å². The van der Waals surface area contributed by atoms with Crippen LogP contribution in [0.15, 0.2) is 29.3 Å². The second kappa shape index (κ2) is 4.73. The van der Waals surface area contributed by atoms with Gasteiger partial charge in [-0.05, 0) is 18.2 Å². The van der Waals surface area contributed by atoms with Crippen molar-refractivity contribution < 1.29 is 23.1 Å². The maximum Gasteiger partial charge on any atom is 0.416 e. The average Bonchev–Trinajstić information content (AvgIpc) is 2.76. The van der Waals surface area contributed by atoms with Crippen LogP contribution in [0.5, 0.6) is 0 Å². The lowest BCUT2D eigenvalue weighted by Gasteiger charge is -2.11. The van der Waals surface area contributed by atoms with E-state index in [0.29, 0.717) is 6.29 Å². The summed E-state index contributed by atoms with van der Waals surface area (Å²) in [5, 5.41) is 9.31. The summed E-state index contributed by atoms with van der Waals surface area (Å²) in [7, 11) is -0.861. The lowest BCUT2D eigenvalue weighted by Crippen LogP contribution is -2.22. The van der Waals surface area contributed by atoms with Crippen molar-refractivity contribution in [1.82, 2.24) is 8.87 Å². The zero-order valence-electron chi connectivity index (χ0n) is 10.8. The summed E-state index contributed by atoms with van der Waals surface area (Å²) < 4.78 is 26.0. The van der Waals surface area contributed by atoms with E-state index in [1.165, 1.54) is 32.3 Å². The first-order valence-electron chi connectivity index (χ1n) is 5.55. The summed E-state index contributed by atoms with van der Waals surface area (Å²) in [4.78, 5) is 22.0. The molecule has 0 amide bonds. The number of sulfonamides is 1. The number of aldehydes is 1. The average molecular weight is 296 g/mol. The Balaban J connectivity index is 2.78. The van der Waals surface area contributed by atoms with E-state index in [1.807, 2.05) is 0 Å². The number of rotatable bonds is 3. The zero-order chi connectivity index (χ0) is 15.1. The van der Waals surface area contributed by atoms with Crippen molar-refractivity contribution >= 4 is 33.3 Å². The summed E-state index contributed by atoms with van der Waals surface area (Å²) in [6.45, 7) is 0. The van der Waals surface area contributed by atoms with Gasteiger partial charge in [-0.25, -0.2) is 17.5 Å². The lowest BCUT2D eigenvalue weighted by molar-refractivity contribution is 0.112. The SMILES string of the molecule is CN(C)S(=O)(=O)c1ccc2c(c1)c(C=O)cn2C(=O)O. The Hall–Kier alpha value is -2.19. The fraction of sp³-hybridized carbons (Fsp3) is 0.167. The number of fused-ring (bicyclic) bond motifs is 1. The number of hydrogen-bond donors (Lipinski definition) is 1. The molecule has 0 aliphatic heterocycles. The first-order valence-corrected chi connectivity index (χ1v) is 6.99. The van der Waals surface area contributed by atoms with Crippen LogP contribution in [0.2, 0.25) is 0 Å². The predicted octanol–water partition coefficient (Wildman–Crippen LogP) is 1.23. The summed E-state index contributed by atoms with van der Waals surface area (Å²) in [5.41, 5.74) is 0.385. The molecule has 0 unspecified atom stereocenters. The number of carbonyl (C=O) groups excluding carboxylic acids is 1. The van der Waals surface area contributed by atoms with Gasteiger partial charge in [-0.15, -0.1) is 0 Å². The molecular weight excluding hydrogens is 284 g/mol. The highest BCUT2D eigenvalue weighted by molar-refractivity contribution is 7.89. The third-order valence-electron chi connectivity index (χ3n) is 2.92. The van der Waals surface area contributed by atoms with E-state index < -0.39 is 16.1 Å². The minimum absolute atomic E-state index is 0.00115. The standard InChI is InChI=1S/C12H12N2O5S/c1-13(2)20(18,19)9-3-4-11-10(5-9)8(7-15)6-14(11)12(16)17/h3-7H,1-2H3,(H,16,17). The van der Waals surface area contributed by atoms with Gasteiger partial charge in [-0.2, -0.15) is 0 Å². The predicted molar refractivity (Wildman–Crippen MR) is 71.6 cm³/mol. The van der Waals surface area contributed by atoms with Crippen molar-refractivity contribution in [3.05, 3.63) is 30.0 Å². The van der Waals surface area contributed by atoms with Crippen molar-refractivity contribution in [3.63, 3.8) is 0 Å². The molecule has 0 fully saturated rings. The van der Waals surface area contributed by atoms with Gasteiger partial charge >= 0.3 is 6.09 Å². The quantitative estimate of drug-likeness (QED) is 0.859. The third kappa shape index (κ3) is 2.08. The van der Waals surface area contributed by atoms with Gasteiger partial charge in [-0.3, -0.25) is 9.36 Å². The minimum atomic E-state index is -3.64. The maximum absolute atomic E-state index is 12.0. The van der Waals surface area contributed by atoms with E-state index in [4.69, 9.17) is 5.11 Å². The number of nitrogens with zero attached hydrogens (tertiary/aromatic N) is 2. The van der Waals surface area contributed by atoms with Crippen LogP contribution < -0.4 is 0 Å². The summed E-state index contributed by atoms with van der Waals surface area (Å²) in [6, 6.07) is 3.98. The largest absolute Gasteiger partial charge is 0.464 e. The second-order valence-electron chi connectivity index (χ2n) is 4.32. The number of carboxylic acid groups (broad SMARTS) is 1. The summed E-state index contributed by atoms with van der Waals surface area (Å²) in [5.74, 6) is 0. The minimum Gasteiger partial charge on any atom is -0.464 e. The van der Waals surface area contributed by atoms with Crippen molar-refractivity contribution in [2.24, 2.45) is 0 Å². The highest BCUT2D eigenvalue weighted by Crippen LogP contribution is 2.24. The molecule has 1 aromatic heterocycles. The van der Waals surface area contributed by atoms with Gasteiger partial charge in [0.2, 0.25) is 10.0 Å². The van der Waals surface area contributed by atoms with Gasteiger partial charge in [0.1, 0.15) is 0 Å². The molecule has 0 spiro atoms. The van der Waals surface area contributed by atoms with Crippen LogP contribution in [0, 0.1) is 0 Å². The number of hydrogen-bond acceptors (Lipinski definition) is 4. The normalized spacial score (nSPS) is 11.9. The van der Waals surface area contributed by atoms with E-state index in [1.54, 1.807) is 0 Å². The van der Waals surface area contributed by atoms with Gasteiger partial charge < -0.3 is 5.11 Å². The Labute approximate surface area is 115 Å². The second-order valence-corrected chi connectivity index (χ2v) is 6.47. The molecule has 0 aliphatic carbocycles. The highest BCUT2D eigenvalue weighted by Gasteiger charge is 2.20. The molecule has 0 radical (unpaired) electrons. The molecule has 2 aromatic rings. The Morgan fingerprint density at radius 2 is 2.00 bits per heavy atom. The molecular formula is C12H12N2O5S. The Morgan fingerprint density at radius 1 is 1.35 bits per heavy atom. The van der Waals surface area contributed by atoms with Crippen molar-refractivity contribution in [2.75, 3.05) is 14.1 Å². The molecule has 8 heteroatoms. The van der Waals surface area contributed by atoms with Gasteiger partial charge in [0.15, 0.2) is 6.29 Å². The van der Waals surface area contributed by atoms with Crippen LogP contribution in [-0.4, -0.2) is 48.9 Å². The molecule has 0 bridgehead atoms. The Kier molecular flexibility index (Phi) is 3.36. The van der Waals surface area contributed by atoms with Crippen LogP contribution in [-0.2, 0) is 10.0 Å². The first-order chi connectivity index (χ1) is 9.28. The van der Waals surface area contributed by atoms with E-state index in [-0.39, 0.29) is 21.4 Å². The molecule has 1 heterocycles. The monoisotopic (exact) mass is 296 g/mol. The van der Waals surface area contributed by atoms with Gasteiger partial charge in [0.05, 0.1) is 10.4 Å². The van der Waals surface area contributed by atoms with Crippen molar-refractivity contribution in [2.45, 2.75) is 4.90 Å².